The zero-order valence-corrected chi connectivity index (χ0v) is 13.6. The molecule has 0 bridgehead atoms. The van der Waals surface area contributed by atoms with Crippen LogP contribution >= 0.6 is 11.8 Å². The molecule has 0 spiro atoms. The van der Waals surface area contributed by atoms with Crippen molar-refractivity contribution in [3.63, 3.8) is 0 Å². The third-order valence-electron chi connectivity index (χ3n) is 4.08. The summed E-state index contributed by atoms with van der Waals surface area (Å²) in [5.41, 5.74) is 0.562. The maximum atomic E-state index is 12.8. The minimum atomic E-state index is -0.323. The molecule has 0 amide bonds. The Balaban J connectivity index is 1.46. The van der Waals surface area contributed by atoms with Gasteiger partial charge in [-0.15, -0.1) is 5.10 Å². The number of thioether (sulfide) groups is 1. The molecule has 0 saturated heterocycles. The second-order valence-corrected chi connectivity index (χ2v) is 6.79. The van der Waals surface area contributed by atoms with Crippen molar-refractivity contribution in [2.45, 2.75) is 49.7 Å². The number of halogens is 1. The monoisotopic (exact) mass is 334 g/mol. The normalized spacial score (nSPS) is 15.2. The summed E-state index contributed by atoms with van der Waals surface area (Å²) in [5, 5.41) is 12.8. The van der Waals surface area contributed by atoms with Crippen LogP contribution in [0.4, 0.5) is 4.39 Å². The fourth-order valence-corrected chi connectivity index (χ4v) is 3.72. The highest BCUT2D eigenvalue weighted by Gasteiger charge is 2.21. The van der Waals surface area contributed by atoms with Gasteiger partial charge in [-0.25, -0.2) is 9.07 Å². The van der Waals surface area contributed by atoms with Crippen molar-refractivity contribution in [1.82, 2.24) is 20.2 Å². The smallest absolute Gasteiger partial charge is 0.209 e. The molecule has 0 atom stereocenters. The van der Waals surface area contributed by atoms with Crippen LogP contribution in [0.3, 0.4) is 0 Å². The van der Waals surface area contributed by atoms with E-state index in [1.165, 1.54) is 37.1 Å². The molecule has 0 unspecified atom stereocenters. The predicted octanol–water partition coefficient (Wildman–Crippen LogP) is 3.68. The highest BCUT2D eigenvalue weighted by Crippen LogP contribution is 2.31. The van der Waals surface area contributed by atoms with Crippen molar-refractivity contribution >= 4 is 17.5 Å². The lowest BCUT2D eigenvalue weighted by Crippen LogP contribution is -2.08. The summed E-state index contributed by atoms with van der Waals surface area (Å²) in [6, 6.07) is 6.13. The molecular formula is C16H19FN4OS. The minimum Gasteiger partial charge on any atom is -0.294 e. The summed E-state index contributed by atoms with van der Waals surface area (Å²) in [4.78, 5) is 12.0. The van der Waals surface area contributed by atoms with E-state index in [2.05, 4.69) is 15.5 Å². The molecule has 0 radical (unpaired) electrons. The second-order valence-electron chi connectivity index (χ2n) is 5.73. The maximum Gasteiger partial charge on any atom is 0.209 e. The molecule has 0 N–H and O–H groups in total. The molecule has 122 valence electrons. The molecule has 1 aliphatic carbocycles. The number of hydrogen-bond acceptors (Lipinski definition) is 5. The van der Waals surface area contributed by atoms with E-state index >= 15 is 0 Å². The van der Waals surface area contributed by atoms with Gasteiger partial charge in [-0.05, 0) is 54.0 Å². The number of Topliss-reactive ketones (excluding diaryl/α,β-unsaturated/α-hetero) is 1. The molecule has 0 aliphatic heterocycles. The summed E-state index contributed by atoms with van der Waals surface area (Å²) in [6.07, 6.45) is 5.95. The molecule has 7 heteroatoms. The zero-order valence-electron chi connectivity index (χ0n) is 12.8. The van der Waals surface area contributed by atoms with Crippen LogP contribution < -0.4 is 0 Å². The molecule has 1 saturated carbocycles. The minimum absolute atomic E-state index is 0.0426. The number of nitrogens with zero attached hydrogens (tertiary/aromatic N) is 4. The zero-order chi connectivity index (χ0) is 16.1. The highest BCUT2D eigenvalue weighted by atomic mass is 32.2. The predicted molar refractivity (Wildman–Crippen MR) is 86.0 cm³/mol. The van der Waals surface area contributed by atoms with Crippen LogP contribution in [0, 0.1) is 5.82 Å². The van der Waals surface area contributed by atoms with Crippen molar-refractivity contribution in [2.75, 3.05) is 5.75 Å². The van der Waals surface area contributed by atoms with Crippen LogP contribution in [-0.2, 0) is 0 Å². The van der Waals surface area contributed by atoms with Crippen LogP contribution in [0.5, 0.6) is 0 Å². The molecule has 1 fully saturated rings. The fraction of sp³-hybridized carbons (Fsp3) is 0.500. The molecule has 1 heterocycles. The van der Waals surface area contributed by atoms with Gasteiger partial charge in [-0.2, -0.15) is 0 Å². The van der Waals surface area contributed by atoms with Gasteiger partial charge in [0.25, 0.3) is 0 Å². The Hall–Kier alpha value is -1.76. The van der Waals surface area contributed by atoms with Crippen LogP contribution in [0.1, 0.15) is 54.9 Å². The first-order valence-electron chi connectivity index (χ1n) is 7.93. The number of benzene rings is 1. The first kappa shape index (κ1) is 16.1. The number of carbonyl (C=O) groups excluding carboxylic acids is 1. The van der Waals surface area contributed by atoms with E-state index in [0.29, 0.717) is 18.0 Å². The topological polar surface area (TPSA) is 60.7 Å². The number of hydrogen-bond donors (Lipinski definition) is 0. The van der Waals surface area contributed by atoms with Crippen molar-refractivity contribution in [1.29, 1.82) is 0 Å². The van der Waals surface area contributed by atoms with Gasteiger partial charge in [0, 0.05) is 17.7 Å². The highest BCUT2D eigenvalue weighted by molar-refractivity contribution is 7.99. The third kappa shape index (κ3) is 4.16. The molecule has 1 aromatic heterocycles. The Bertz CT molecular complexity index is 652. The molecule has 2 aromatic rings. The lowest BCUT2D eigenvalue weighted by Gasteiger charge is -2.10. The van der Waals surface area contributed by atoms with Gasteiger partial charge in [0.1, 0.15) is 5.82 Å². The van der Waals surface area contributed by atoms with E-state index in [1.807, 2.05) is 4.68 Å². The van der Waals surface area contributed by atoms with Gasteiger partial charge in [0.15, 0.2) is 5.78 Å². The third-order valence-corrected chi connectivity index (χ3v) is 5.10. The summed E-state index contributed by atoms with van der Waals surface area (Å²) in [6.45, 7) is 0. The largest absolute Gasteiger partial charge is 0.294 e. The number of rotatable bonds is 7. The quantitative estimate of drug-likeness (QED) is 0.439. The van der Waals surface area contributed by atoms with E-state index < -0.39 is 0 Å². The van der Waals surface area contributed by atoms with Crippen molar-refractivity contribution in [2.24, 2.45) is 0 Å². The SMILES string of the molecule is O=C(CCCSc1nnnn1C1CCCC1)c1ccc(F)cc1. The van der Waals surface area contributed by atoms with E-state index in [1.54, 1.807) is 11.8 Å². The number of aromatic nitrogens is 4. The molecule has 23 heavy (non-hydrogen) atoms. The molecular weight excluding hydrogens is 315 g/mol. The van der Waals surface area contributed by atoms with Crippen molar-refractivity contribution in [3.8, 4) is 0 Å². The van der Waals surface area contributed by atoms with Crippen molar-refractivity contribution < 1.29 is 9.18 Å². The Morgan fingerprint density at radius 1 is 1.26 bits per heavy atom. The molecule has 1 aliphatic rings. The lowest BCUT2D eigenvalue weighted by atomic mass is 10.1. The van der Waals surface area contributed by atoms with Gasteiger partial charge >= 0.3 is 0 Å². The summed E-state index contributed by atoms with van der Waals surface area (Å²) >= 11 is 1.59. The van der Waals surface area contributed by atoms with E-state index in [4.69, 9.17) is 0 Å². The van der Waals surface area contributed by atoms with E-state index in [9.17, 15) is 9.18 Å². The Kier molecular flexibility index (Phi) is 5.38. The first-order valence-corrected chi connectivity index (χ1v) is 8.92. The lowest BCUT2D eigenvalue weighted by molar-refractivity contribution is 0.0982. The second kappa shape index (κ2) is 7.68. The molecule has 3 rings (SSSR count). The van der Waals surface area contributed by atoms with Crippen molar-refractivity contribution in [3.05, 3.63) is 35.6 Å². The van der Waals surface area contributed by atoms with Crippen LogP contribution in [0.2, 0.25) is 0 Å². The van der Waals surface area contributed by atoms with Gasteiger partial charge in [-0.1, -0.05) is 24.6 Å². The van der Waals surface area contributed by atoms with Gasteiger partial charge in [-0.3, -0.25) is 4.79 Å². The van der Waals surface area contributed by atoms with Gasteiger partial charge in [0.2, 0.25) is 5.16 Å². The molecule has 5 nitrogen and oxygen atoms in total. The van der Waals surface area contributed by atoms with Gasteiger partial charge in [0.05, 0.1) is 6.04 Å². The Labute approximate surface area is 138 Å². The van der Waals surface area contributed by atoms with Gasteiger partial charge < -0.3 is 0 Å². The van der Waals surface area contributed by atoms with E-state index in [0.717, 1.165) is 30.2 Å². The standard InChI is InChI=1S/C16H19FN4OS/c17-13-9-7-12(8-10-13)15(22)6-3-11-23-16-18-19-20-21(16)14-4-1-2-5-14/h7-10,14H,1-6,11H2. The van der Waals surface area contributed by atoms with E-state index in [-0.39, 0.29) is 11.6 Å². The average molecular weight is 334 g/mol. The summed E-state index contributed by atoms with van der Waals surface area (Å²) < 4.78 is 14.8. The van der Waals surface area contributed by atoms with Crippen LogP contribution in [0.25, 0.3) is 0 Å². The molecule has 1 aromatic carbocycles. The van der Waals surface area contributed by atoms with Crippen LogP contribution in [0.15, 0.2) is 29.4 Å². The summed E-state index contributed by atoms with van der Waals surface area (Å²) in [7, 11) is 0. The Morgan fingerprint density at radius 3 is 2.74 bits per heavy atom. The average Bonchev–Trinajstić information content (AvgIpc) is 3.23. The fourth-order valence-electron chi connectivity index (χ4n) is 2.83. The van der Waals surface area contributed by atoms with Crippen LogP contribution in [-0.4, -0.2) is 31.7 Å². The number of tetrazole rings is 1. The summed E-state index contributed by atoms with van der Waals surface area (Å²) in [5.74, 6) is 0.511. The maximum absolute atomic E-state index is 12.8. The number of ketones is 1. The Morgan fingerprint density at radius 2 is 2.00 bits per heavy atom. The first-order chi connectivity index (χ1) is 11.2. The number of carbonyl (C=O) groups is 1.